The number of rotatable bonds is 7. The highest BCUT2D eigenvalue weighted by Gasteiger charge is 2.29. The van der Waals surface area contributed by atoms with E-state index in [0.717, 1.165) is 12.1 Å². The van der Waals surface area contributed by atoms with Crippen molar-refractivity contribution in [2.75, 3.05) is 25.4 Å². The maximum atomic E-state index is 13.9. The van der Waals surface area contributed by atoms with Crippen LogP contribution in [-0.2, 0) is 4.79 Å². The van der Waals surface area contributed by atoms with Gasteiger partial charge in [-0.2, -0.15) is 5.10 Å². The average molecular weight is 498 g/mol. The first kappa shape index (κ1) is 24.9. The molecule has 1 aliphatic rings. The van der Waals surface area contributed by atoms with Crippen molar-refractivity contribution >= 4 is 17.6 Å². The van der Waals surface area contributed by atoms with Crippen LogP contribution >= 0.6 is 0 Å². The van der Waals surface area contributed by atoms with Crippen LogP contribution in [0.5, 0.6) is 11.5 Å². The summed E-state index contributed by atoms with van der Waals surface area (Å²) in [5.74, 6) is -2.30. The maximum Gasteiger partial charge on any atom is 0.254 e. The fourth-order valence-electron chi connectivity index (χ4n) is 4.15. The van der Waals surface area contributed by atoms with Crippen LogP contribution in [0.2, 0.25) is 0 Å². The quantitative estimate of drug-likeness (QED) is 0.429. The number of aliphatic hydroxyl groups excluding tert-OH is 1. The lowest BCUT2D eigenvalue weighted by molar-refractivity contribution is -0.127. The molecule has 1 aliphatic heterocycles. The molecule has 2 amide bonds. The molecule has 0 unspecified atom stereocenters. The van der Waals surface area contributed by atoms with Crippen molar-refractivity contribution in [3.8, 4) is 22.8 Å². The third-order valence-electron chi connectivity index (χ3n) is 5.86. The highest BCUT2D eigenvalue weighted by molar-refractivity contribution is 6.03. The largest absolute Gasteiger partial charge is 0.454 e. The van der Waals surface area contributed by atoms with E-state index < -0.39 is 17.5 Å². The van der Waals surface area contributed by atoms with Crippen LogP contribution in [-0.4, -0.2) is 51.3 Å². The first-order valence-corrected chi connectivity index (χ1v) is 11.3. The maximum absolute atomic E-state index is 13.9. The van der Waals surface area contributed by atoms with Crippen LogP contribution < -0.4 is 16.2 Å². The second kappa shape index (κ2) is 10.6. The van der Waals surface area contributed by atoms with E-state index in [1.807, 2.05) is 0 Å². The number of hydrogen-bond acceptors (Lipinski definition) is 6. The van der Waals surface area contributed by atoms with Gasteiger partial charge in [-0.1, -0.05) is 6.08 Å². The lowest BCUT2D eigenvalue weighted by Crippen LogP contribution is -2.40. The second-order valence-electron chi connectivity index (χ2n) is 8.28. The van der Waals surface area contributed by atoms with Crippen molar-refractivity contribution < 1.29 is 28.2 Å². The zero-order valence-electron chi connectivity index (χ0n) is 19.2. The summed E-state index contributed by atoms with van der Waals surface area (Å²) in [4.78, 5) is 26.3. The molecule has 0 spiro atoms. The van der Waals surface area contributed by atoms with Crippen LogP contribution in [0.25, 0.3) is 11.3 Å². The molecule has 2 aromatic carbocycles. The third kappa shape index (κ3) is 5.20. The van der Waals surface area contributed by atoms with Gasteiger partial charge in [-0.25, -0.2) is 13.5 Å². The van der Waals surface area contributed by atoms with Gasteiger partial charge in [0.05, 0.1) is 12.6 Å². The van der Waals surface area contributed by atoms with Crippen LogP contribution in [0.4, 0.5) is 14.6 Å². The van der Waals surface area contributed by atoms with Gasteiger partial charge in [0.2, 0.25) is 5.91 Å². The van der Waals surface area contributed by atoms with Gasteiger partial charge < -0.3 is 26.2 Å². The number of aliphatic hydroxyl groups is 1. The standard InChI is InChI=1S/C25H25F2N5O4/c26-16-7-10-20(19(27)13-16)36-18-8-5-15(6-9-18)23-22(25(29)35)24(28)32(30-23)17-3-1-11-31(14-17)21(34)4-2-12-33/h2,4-10,13,17,33H,1,3,11-12,14,28H2,(H2,29,35)/t17-/m1/s1. The monoisotopic (exact) mass is 497 g/mol. The van der Waals surface area contributed by atoms with Crippen LogP contribution in [0.3, 0.4) is 0 Å². The number of carbonyl (C=O) groups excluding carboxylic acids is 2. The van der Waals surface area contributed by atoms with Crippen LogP contribution in [0.1, 0.15) is 29.2 Å². The number of primary amides is 1. The van der Waals surface area contributed by atoms with Gasteiger partial charge in [-0.05, 0) is 49.2 Å². The number of carbonyl (C=O) groups is 2. The Morgan fingerprint density at radius 1 is 1.19 bits per heavy atom. The molecule has 4 rings (SSSR count). The molecule has 3 aromatic rings. The highest BCUT2D eigenvalue weighted by atomic mass is 19.1. The number of amides is 2. The topological polar surface area (TPSA) is 137 Å². The Kier molecular flexibility index (Phi) is 7.30. The minimum atomic E-state index is -0.839. The van der Waals surface area contributed by atoms with E-state index in [1.165, 1.54) is 22.9 Å². The summed E-state index contributed by atoms with van der Waals surface area (Å²) in [6, 6.07) is 9.05. The normalized spacial score (nSPS) is 15.9. The Hall–Kier alpha value is -4.25. The first-order valence-electron chi connectivity index (χ1n) is 11.3. The number of likely N-dealkylation sites (tertiary alicyclic amines) is 1. The van der Waals surface area contributed by atoms with E-state index in [2.05, 4.69) is 5.10 Å². The number of piperidine rings is 1. The Balaban J connectivity index is 1.60. The molecule has 1 aromatic heterocycles. The SMILES string of the molecule is NC(=O)c1c(-c2ccc(Oc3ccc(F)cc3F)cc2)nn([C@@H]2CCCN(C(=O)C=CCO)C2)c1N. The molecule has 0 aliphatic carbocycles. The molecule has 11 heteroatoms. The summed E-state index contributed by atoms with van der Waals surface area (Å²) in [6.45, 7) is 0.648. The minimum absolute atomic E-state index is 0.0527. The molecule has 0 bridgehead atoms. The molecule has 188 valence electrons. The zero-order chi connectivity index (χ0) is 25.8. The van der Waals surface area contributed by atoms with Crippen molar-refractivity contribution in [2.45, 2.75) is 18.9 Å². The Morgan fingerprint density at radius 2 is 1.94 bits per heavy atom. The van der Waals surface area contributed by atoms with Gasteiger partial charge in [-0.15, -0.1) is 0 Å². The molecule has 0 radical (unpaired) electrons. The Morgan fingerprint density at radius 3 is 2.61 bits per heavy atom. The number of hydrogen-bond donors (Lipinski definition) is 3. The van der Waals surface area contributed by atoms with Crippen LogP contribution in [0.15, 0.2) is 54.6 Å². The minimum Gasteiger partial charge on any atom is -0.454 e. The van der Waals surface area contributed by atoms with E-state index in [-0.39, 0.29) is 47.1 Å². The molecular formula is C25H25F2N5O4. The van der Waals surface area contributed by atoms with E-state index in [0.29, 0.717) is 31.5 Å². The molecular weight excluding hydrogens is 472 g/mol. The number of halogens is 2. The lowest BCUT2D eigenvalue weighted by Gasteiger charge is -2.32. The predicted molar refractivity (Wildman–Crippen MR) is 128 cm³/mol. The average Bonchev–Trinajstić information content (AvgIpc) is 3.22. The number of ether oxygens (including phenoxy) is 1. The number of benzene rings is 2. The van der Waals surface area contributed by atoms with E-state index in [9.17, 15) is 18.4 Å². The number of nitrogen functional groups attached to an aromatic ring is 1. The molecule has 1 atom stereocenters. The van der Waals surface area contributed by atoms with E-state index in [4.69, 9.17) is 21.3 Å². The smallest absolute Gasteiger partial charge is 0.254 e. The molecule has 9 nitrogen and oxygen atoms in total. The molecule has 5 N–H and O–H groups in total. The van der Waals surface area contributed by atoms with Gasteiger partial charge in [-0.3, -0.25) is 9.59 Å². The van der Waals surface area contributed by atoms with Gasteiger partial charge in [0.25, 0.3) is 5.91 Å². The fourth-order valence-corrected chi connectivity index (χ4v) is 4.15. The van der Waals surface area contributed by atoms with E-state index >= 15 is 0 Å². The van der Waals surface area contributed by atoms with Gasteiger partial charge >= 0.3 is 0 Å². The third-order valence-corrected chi connectivity index (χ3v) is 5.86. The number of nitrogens with zero attached hydrogens (tertiary/aromatic N) is 3. The van der Waals surface area contributed by atoms with Crippen molar-refractivity contribution in [3.63, 3.8) is 0 Å². The van der Waals surface area contributed by atoms with Crippen molar-refractivity contribution in [1.29, 1.82) is 0 Å². The summed E-state index contributed by atoms with van der Waals surface area (Å²) in [6.07, 6.45) is 4.08. The summed E-state index contributed by atoms with van der Waals surface area (Å²) in [7, 11) is 0. The van der Waals surface area contributed by atoms with Crippen molar-refractivity contribution in [3.05, 3.63) is 71.8 Å². The van der Waals surface area contributed by atoms with Crippen molar-refractivity contribution in [1.82, 2.24) is 14.7 Å². The fraction of sp³-hybridized carbons (Fsp3) is 0.240. The molecule has 1 saturated heterocycles. The lowest BCUT2D eigenvalue weighted by atomic mass is 10.1. The molecule has 1 fully saturated rings. The van der Waals surface area contributed by atoms with Gasteiger partial charge in [0.1, 0.15) is 28.6 Å². The van der Waals surface area contributed by atoms with E-state index in [1.54, 1.807) is 29.2 Å². The van der Waals surface area contributed by atoms with Crippen molar-refractivity contribution in [2.24, 2.45) is 5.73 Å². The number of aromatic nitrogens is 2. The van der Waals surface area contributed by atoms with Gasteiger partial charge in [0, 0.05) is 30.8 Å². The molecule has 36 heavy (non-hydrogen) atoms. The number of anilines is 1. The summed E-state index contributed by atoms with van der Waals surface area (Å²) >= 11 is 0. The summed E-state index contributed by atoms with van der Waals surface area (Å²) in [5, 5.41) is 13.5. The molecule has 2 heterocycles. The molecule has 0 saturated carbocycles. The second-order valence-corrected chi connectivity index (χ2v) is 8.28. The summed E-state index contributed by atoms with van der Waals surface area (Å²) < 4.78 is 34.0. The zero-order valence-corrected chi connectivity index (χ0v) is 19.2. The Labute approximate surface area is 205 Å². The summed E-state index contributed by atoms with van der Waals surface area (Å²) in [5.41, 5.74) is 12.8. The van der Waals surface area contributed by atoms with Gasteiger partial charge in [0.15, 0.2) is 11.6 Å². The van der Waals surface area contributed by atoms with Crippen LogP contribution in [0, 0.1) is 11.6 Å². The Bertz CT molecular complexity index is 1310. The first-order chi connectivity index (χ1) is 17.3. The predicted octanol–water partition coefficient (Wildman–Crippen LogP) is 3.01. The number of nitrogens with two attached hydrogens (primary N) is 2. The highest BCUT2D eigenvalue weighted by Crippen LogP contribution is 2.33.